The first-order valence-electron chi connectivity index (χ1n) is 25.9. The fourth-order valence-corrected chi connectivity index (χ4v) is 12.9. The van der Waals surface area contributed by atoms with E-state index in [-0.39, 0.29) is 112 Å². The number of nitrogens with zero attached hydrogens (tertiary/aromatic N) is 5. The standard InChI is InChI=1S/C55H61ClF4N8O7/c1-29-25-32(44-38(57)26-37-50(49(44)60)65(3)64-52(37)68-22-18-42(70)63-54(68)73)15-21-67(29)35-16-19-66(20-17-35)53(72)31-9-11-34(12-10-31)62-28-55(33-7-5-4-6-8-33)30(2)43-41(75-55)27-39(58)47(56)46(43)45-36(51(61)71)13-14-40(48(45)59)74-24-23-69/h4-8,13-14,26-27,29-32,34-35,62,69H,9-12,15-25,28H2,1-3H3,(H2,61,71)(H,63,70,73)/t29-,30-,31?,32+,34?,55-/m0/s1. The summed E-state index contributed by atoms with van der Waals surface area (Å²) in [5.74, 6) is -5.61. The van der Waals surface area contributed by atoms with Gasteiger partial charge >= 0.3 is 6.03 Å². The average Bonchev–Trinajstić information content (AvgIpc) is 3.87. The molecule has 75 heavy (non-hydrogen) atoms. The Bertz CT molecular complexity index is 3060. The van der Waals surface area contributed by atoms with Gasteiger partial charge in [0.1, 0.15) is 29.5 Å². The van der Waals surface area contributed by atoms with Crippen LogP contribution in [0.3, 0.4) is 0 Å². The van der Waals surface area contributed by atoms with Gasteiger partial charge in [-0.25, -0.2) is 22.4 Å². The van der Waals surface area contributed by atoms with Crippen molar-refractivity contribution in [2.75, 3.05) is 50.8 Å². The summed E-state index contributed by atoms with van der Waals surface area (Å²) in [6, 6.07) is 14.0. The van der Waals surface area contributed by atoms with E-state index in [9.17, 15) is 24.3 Å². The normalized spacial score (nSPS) is 24.6. The molecule has 5 heterocycles. The number of amides is 5. The fourth-order valence-electron chi connectivity index (χ4n) is 12.7. The van der Waals surface area contributed by atoms with E-state index in [1.807, 2.05) is 42.2 Å². The summed E-state index contributed by atoms with van der Waals surface area (Å²) in [4.78, 5) is 56.9. The van der Waals surface area contributed by atoms with E-state index in [1.54, 1.807) is 7.05 Å². The zero-order valence-electron chi connectivity index (χ0n) is 42.1. The number of anilines is 1. The van der Waals surface area contributed by atoms with Gasteiger partial charge in [-0.15, -0.1) is 0 Å². The maximum Gasteiger partial charge on any atom is 0.329 e. The molecule has 20 heteroatoms. The third kappa shape index (κ3) is 9.47. The van der Waals surface area contributed by atoms with Crippen molar-refractivity contribution in [2.24, 2.45) is 18.7 Å². The van der Waals surface area contributed by atoms with Crippen LogP contribution in [0.5, 0.6) is 11.5 Å². The zero-order valence-corrected chi connectivity index (χ0v) is 42.8. The first kappa shape index (κ1) is 52.2. The molecule has 1 aromatic heterocycles. The van der Waals surface area contributed by atoms with Gasteiger partial charge in [-0.3, -0.25) is 34.2 Å². The number of primary amides is 1. The molecule has 5 amide bonds. The van der Waals surface area contributed by atoms with E-state index in [0.29, 0.717) is 50.9 Å². The lowest BCUT2D eigenvalue weighted by atomic mass is 9.77. The lowest BCUT2D eigenvalue weighted by Gasteiger charge is -2.46. The molecule has 5 N–H and O–H groups in total. The molecule has 0 bridgehead atoms. The number of carbonyl (C=O) groups is 4. The van der Waals surface area contributed by atoms with Gasteiger partial charge in [0.2, 0.25) is 17.7 Å². The highest BCUT2D eigenvalue weighted by Gasteiger charge is 2.50. The van der Waals surface area contributed by atoms with E-state index in [2.05, 4.69) is 27.6 Å². The van der Waals surface area contributed by atoms with E-state index in [4.69, 9.17) is 26.8 Å². The second-order valence-electron chi connectivity index (χ2n) is 20.8. The van der Waals surface area contributed by atoms with Gasteiger partial charge in [0, 0.05) is 97.9 Å². The number of hydrogen-bond acceptors (Lipinski definition) is 10. The van der Waals surface area contributed by atoms with Crippen molar-refractivity contribution >= 4 is 52.1 Å². The first-order valence-corrected chi connectivity index (χ1v) is 26.3. The molecule has 0 unspecified atom stereocenters. The molecule has 5 aliphatic rings. The Kier molecular flexibility index (Phi) is 14.6. The number of rotatable bonds is 13. The molecule has 4 aromatic carbocycles. The van der Waals surface area contributed by atoms with Crippen LogP contribution in [0, 0.1) is 29.2 Å². The number of halogens is 5. The van der Waals surface area contributed by atoms with Gasteiger partial charge in [0.25, 0.3) is 0 Å². The number of fused-ring (bicyclic) bond motifs is 2. The minimum atomic E-state index is -1.14. The predicted octanol–water partition coefficient (Wildman–Crippen LogP) is 8.17. The molecule has 4 fully saturated rings. The van der Waals surface area contributed by atoms with Gasteiger partial charge in [-0.2, -0.15) is 5.10 Å². The van der Waals surface area contributed by atoms with Crippen molar-refractivity contribution in [3.63, 3.8) is 0 Å². The van der Waals surface area contributed by atoms with E-state index < -0.39 is 64.3 Å². The maximum atomic E-state index is 16.5. The topological polar surface area (TPSA) is 185 Å². The monoisotopic (exact) mass is 1060 g/mol. The van der Waals surface area contributed by atoms with Crippen LogP contribution in [0.4, 0.5) is 28.2 Å². The number of imide groups is 1. The van der Waals surface area contributed by atoms with E-state index in [1.165, 1.54) is 33.8 Å². The van der Waals surface area contributed by atoms with Crippen LogP contribution in [0.2, 0.25) is 5.02 Å². The molecule has 1 aliphatic carbocycles. The number of hydrogen-bond donors (Lipinski definition) is 4. The number of ether oxygens (including phenoxy) is 2. The minimum Gasteiger partial charge on any atom is -0.488 e. The molecule has 0 spiro atoms. The van der Waals surface area contributed by atoms with Gasteiger partial charge < -0.3 is 30.5 Å². The van der Waals surface area contributed by atoms with E-state index >= 15 is 17.6 Å². The number of benzene rings is 4. The number of urea groups is 1. The summed E-state index contributed by atoms with van der Waals surface area (Å²) in [5.41, 5.74) is 5.27. The number of carbonyl (C=O) groups excluding carboxylic acids is 4. The van der Waals surface area contributed by atoms with Crippen molar-refractivity contribution in [1.29, 1.82) is 0 Å². The summed E-state index contributed by atoms with van der Waals surface area (Å²) in [7, 11) is 1.56. The quantitative estimate of drug-likeness (QED) is 0.0840. The van der Waals surface area contributed by atoms with Gasteiger partial charge in [-0.1, -0.05) is 48.9 Å². The number of aryl methyl sites for hydroxylation is 1. The smallest absolute Gasteiger partial charge is 0.329 e. The van der Waals surface area contributed by atoms with Crippen molar-refractivity contribution in [3.8, 4) is 22.6 Å². The SMILES string of the molecule is C[C@H]1C[C@H](c2c(F)cc3c(N4CCC(=O)NC4=O)nn(C)c3c2F)CCN1C1CCN(C(=O)C2CCC(NC[C@]3(c4ccccc4)Oc4cc(F)c(Cl)c(-c5c(C(N)=O)ccc(OCCO)c5F)c4[C@@H]3C)CC2)CC1. The third-order valence-electron chi connectivity index (χ3n) is 16.5. The highest BCUT2D eigenvalue weighted by atomic mass is 35.5. The lowest BCUT2D eigenvalue weighted by Crippen LogP contribution is -2.53. The van der Waals surface area contributed by atoms with Crippen LogP contribution in [0.15, 0.2) is 54.6 Å². The van der Waals surface area contributed by atoms with Crippen LogP contribution in [-0.2, 0) is 22.2 Å². The van der Waals surface area contributed by atoms with E-state index in [0.717, 1.165) is 31.2 Å². The van der Waals surface area contributed by atoms with Crippen molar-refractivity contribution in [1.82, 2.24) is 30.2 Å². The summed E-state index contributed by atoms with van der Waals surface area (Å²) in [6.45, 7) is 5.55. The number of nitrogens with two attached hydrogens (primary N) is 1. The molecular weight excluding hydrogens is 996 g/mol. The molecule has 15 nitrogen and oxygen atoms in total. The number of aromatic nitrogens is 2. The average molecular weight is 1060 g/mol. The molecule has 4 aliphatic heterocycles. The molecule has 3 saturated heterocycles. The summed E-state index contributed by atoms with van der Waals surface area (Å²) >= 11 is 6.72. The number of aliphatic hydroxyl groups excluding tert-OH is 1. The maximum absolute atomic E-state index is 16.5. The number of nitrogens with one attached hydrogen (secondary N) is 2. The minimum absolute atomic E-state index is 0.0182. The van der Waals surface area contributed by atoms with Crippen molar-refractivity contribution < 1.29 is 51.3 Å². The van der Waals surface area contributed by atoms with Crippen LogP contribution in [-0.4, -0.2) is 113 Å². The Morgan fingerprint density at radius 1 is 0.920 bits per heavy atom. The van der Waals surface area contributed by atoms with Crippen molar-refractivity contribution in [2.45, 2.75) is 107 Å². The zero-order chi connectivity index (χ0) is 53.0. The number of aliphatic hydroxyl groups is 1. The Morgan fingerprint density at radius 3 is 2.33 bits per heavy atom. The Labute approximate surface area is 436 Å². The van der Waals surface area contributed by atoms with Crippen molar-refractivity contribution in [3.05, 3.63) is 105 Å². The third-order valence-corrected chi connectivity index (χ3v) is 16.9. The van der Waals surface area contributed by atoms with Crippen LogP contribution in [0.25, 0.3) is 22.0 Å². The predicted molar refractivity (Wildman–Crippen MR) is 273 cm³/mol. The van der Waals surface area contributed by atoms with Crippen LogP contribution >= 0.6 is 11.6 Å². The Hall–Kier alpha value is -6.28. The highest BCUT2D eigenvalue weighted by molar-refractivity contribution is 6.34. The van der Waals surface area contributed by atoms with Gasteiger partial charge in [-0.05, 0) is 94.5 Å². The largest absolute Gasteiger partial charge is 0.488 e. The highest BCUT2D eigenvalue weighted by Crippen LogP contribution is 2.57. The first-order chi connectivity index (χ1) is 36.0. The second-order valence-corrected chi connectivity index (χ2v) is 21.1. The summed E-state index contributed by atoms with van der Waals surface area (Å²) < 4.78 is 78.4. The molecule has 398 valence electrons. The number of likely N-dealkylation sites (tertiary alicyclic amines) is 2. The summed E-state index contributed by atoms with van der Waals surface area (Å²) in [5, 5.41) is 19.5. The fraction of sp³-hybridized carbons (Fsp3) is 0.473. The molecule has 5 aromatic rings. The second kappa shape index (κ2) is 21.0. The summed E-state index contributed by atoms with van der Waals surface area (Å²) in [6.07, 6.45) is 5.53. The van der Waals surface area contributed by atoms with Gasteiger partial charge in [0.05, 0.1) is 22.6 Å². The van der Waals surface area contributed by atoms with Crippen LogP contribution in [0.1, 0.15) is 111 Å². The van der Waals surface area contributed by atoms with Gasteiger partial charge in [0.15, 0.2) is 28.8 Å². The molecular formula is C55H61ClF4N8O7. The molecule has 10 rings (SSSR count). The molecule has 0 radical (unpaired) electrons. The Morgan fingerprint density at radius 2 is 1.65 bits per heavy atom. The Balaban J connectivity index is 0.766. The molecule has 1 saturated carbocycles. The number of piperidine rings is 2. The molecule has 4 atom stereocenters. The lowest BCUT2D eigenvalue weighted by molar-refractivity contribution is -0.138. The van der Waals surface area contributed by atoms with Crippen LogP contribution < -0.4 is 30.7 Å².